The Hall–Kier alpha value is -6.07. The second-order valence-electron chi connectivity index (χ2n) is 20.5. The number of carbonyl (C=O) groups is 1. The number of hydrogen-bond acceptors (Lipinski definition) is 5. The molecule has 5 aliphatic heterocycles. The maximum Gasteiger partial charge on any atom is 0.154 e. The van der Waals surface area contributed by atoms with Gasteiger partial charge in [-0.25, -0.2) is 20.0 Å². The van der Waals surface area contributed by atoms with Gasteiger partial charge in [0.2, 0.25) is 0 Å². The number of fused-ring (bicyclic) bond motifs is 4. The number of carbonyl (C=O) groups excluding carboxylic acids is 1. The summed E-state index contributed by atoms with van der Waals surface area (Å²) in [6.07, 6.45) is 17.2. The summed E-state index contributed by atoms with van der Waals surface area (Å²) in [4.78, 5) is 34.5. The van der Waals surface area contributed by atoms with Crippen molar-refractivity contribution in [2.45, 2.75) is 105 Å². The third-order valence-electron chi connectivity index (χ3n) is 11.7. The van der Waals surface area contributed by atoms with Gasteiger partial charge in [0.1, 0.15) is 0 Å². The Morgan fingerprint density at radius 1 is 0.367 bits per heavy atom. The Balaban J connectivity index is 1.46. The zero-order valence-corrected chi connectivity index (χ0v) is 37.2. The Morgan fingerprint density at radius 3 is 1.05 bits per heavy atom. The molecule has 3 aromatic rings. The van der Waals surface area contributed by atoms with Crippen molar-refractivity contribution in [3.05, 3.63) is 183 Å². The lowest BCUT2D eigenvalue weighted by Gasteiger charge is -2.27. The molecule has 0 N–H and O–H groups in total. The van der Waals surface area contributed by atoms with Gasteiger partial charge in [0.05, 0.1) is 51.2 Å². The minimum absolute atomic E-state index is 0.0998. The number of hydrogen-bond donors (Lipinski definition) is 0. The molecule has 0 unspecified atom stereocenters. The van der Waals surface area contributed by atoms with Crippen molar-refractivity contribution in [1.82, 2.24) is 0 Å². The fourth-order valence-electron chi connectivity index (χ4n) is 8.00. The number of aliphatic imine (C=N–C) groups is 4. The molecule has 5 heteroatoms. The number of nitrogens with zero attached hydrogens (tertiary/aromatic N) is 4. The van der Waals surface area contributed by atoms with E-state index in [-0.39, 0.29) is 21.7 Å². The van der Waals surface area contributed by atoms with E-state index in [1.54, 1.807) is 0 Å². The molecule has 8 bridgehead atoms. The molecular weight excluding hydrogens is 733 g/mol. The first kappa shape index (κ1) is 40.7. The van der Waals surface area contributed by atoms with Crippen molar-refractivity contribution < 1.29 is 4.79 Å². The van der Waals surface area contributed by atoms with E-state index in [2.05, 4.69) is 168 Å². The second kappa shape index (κ2) is 14.6. The van der Waals surface area contributed by atoms with Crippen LogP contribution in [0, 0.1) is 0 Å². The average Bonchev–Trinajstić information content (AvgIpc) is 4.02. The highest BCUT2D eigenvalue weighted by Crippen LogP contribution is 2.41. The van der Waals surface area contributed by atoms with Crippen molar-refractivity contribution in [2.24, 2.45) is 20.0 Å². The molecule has 5 nitrogen and oxygen atoms in total. The molecular formula is C55H56N4O. The highest BCUT2D eigenvalue weighted by Gasteiger charge is 2.30. The van der Waals surface area contributed by atoms with Gasteiger partial charge in [-0.2, -0.15) is 0 Å². The van der Waals surface area contributed by atoms with Crippen LogP contribution in [0.2, 0.25) is 0 Å². The molecule has 3 aromatic carbocycles. The second-order valence-corrected chi connectivity index (χ2v) is 20.5. The highest BCUT2D eigenvalue weighted by atomic mass is 16.1. The van der Waals surface area contributed by atoms with Crippen LogP contribution in [0.25, 0.3) is 16.7 Å². The van der Waals surface area contributed by atoms with Crippen LogP contribution in [-0.4, -0.2) is 29.1 Å². The Bertz CT molecular complexity index is 2610. The predicted molar refractivity (Wildman–Crippen MR) is 254 cm³/mol. The fourth-order valence-corrected chi connectivity index (χ4v) is 8.00. The van der Waals surface area contributed by atoms with Crippen molar-refractivity contribution in [3.63, 3.8) is 0 Å². The van der Waals surface area contributed by atoms with Gasteiger partial charge in [-0.15, -0.1) is 0 Å². The molecule has 5 heterocycles. The van der Waals surface area contributed by atoms with Crippen LogP contribution < -0.4 is 0 Å². The molecule has 0 radical (unpaired) electrons. The van der Waals surface area contributed by atoms with Gasteiger partial charge in [-0.05, 0) is 109 Å². The van der Waals surface area contributed by atoms with Gasteiger partial charge < -0.3 is 0 Å². The lowest BCUT2D eigenvalue weighted by atomic mass is 9.78. The normalized spacial score (nSPS) is 17.9. The Kier molecular flexibility index (Phi) is 9.89. The number of aldehydes is 1. The summed E-state index contributed by atoms with van der Waals surface area (Å²) in [5, 5.41) is 0. The van der Waals surface area contributed by atoms with Crippen molar-refractivity contribution in [3.8, 4) is 0 Å². The summed E-state index contributed by atoms with van der Waals surface area (Å²) in [5.74, 6) is 0. The van der Waals surface area contributed by atoms with E-state index in [0.29, 0.717) is 17.0 Å². The first-order valence-corrected chi connectivity index (χ1v) is 21.1. The number of allylic oxidation sites excluding steroid dienone is 12. The third kappa shape index (κ3) is 7.74. The minimum atomic E-state index is -0.0998. The first-order valence-electron chi connectivity index (χ1n) is 21.1. The molecule has 0 aliphatic carbocycles. The molecule has 5 aliphatic rings. The van der Waals surface area contributed by atoms with Gasteiger partial charge in [0.15, 0.2) is 6.29 Å². The maximum absolute atomic E-state index is 13.1. The predicted octanol–water partition coefficient (Wildman–Crippen LogP) is 12.9. The summed E-state index contributed by atoms with van der Waals surface area (Å²) in [6.45, 7) is 27.0. The van der Waals surface area contributed by atoms with E-state index in [0.717, 1.165) is 73.9 Å². The van der Waals surface area contributed by atoms with E-state index in [9.17, 15) is 4.79 Å². The van der Waals surface area contributed by atoms with E-state index in [1.807, 2.05) is 30.4 Å². The van der Waals surface area contributed by atoms with Gasteiger partial charge in [0, 0.05) is 16.7 Å². The van der Waals surface area contributed by atoms with Crippen molar-refractivity contribution in [2.75, 3.05) is 0 Å². The average molecular weight is 789 g/mol. The summed E-state index contributed by atoms with van der Waals surface area (Å²) in [6, 6.07) is 24.2. The monoisotopic (exact) mass is 788 g/mol. The molecule has 60 heavy (non-hydrogen) atoms. The molecule has 0 saturated carbocycles. The van der Waals surface area contributed by atoms with Gasteiger partial charge in [-0.3, -0.25) is 4.79 Å². The van der Waals surface area contributed by atoms with E-state index >= 15 is 0 Å². The topological polar surface area (TPSA) is 66.5 Å². The lowest BCUT2D eigenvalue weighted by molar-refractivity contribution is -0.104. The largest absolute Gasteiger partial charge is 0.298 e. The van der Waals surface area contributed by atoms with Gasteiger partial charge >= 0.3 is 0 Å². The van der Waals surface area contributed by atoms with Crippen LogP contribution in [-0.2, 0) is 26.5 Å². The summed E-state index contributed by atoms with van der Waals surface area (Å²) < 4.78 is 0. The SMILES string of the molecule is CC(C)(C)c1cc(C2=C3C=CC(=N3)C(C=O)=C3C=CC(=N3)C(c3cc(C(C)(C)C)cc(C(C)(C)C)c3)=C3C=CC(=N3)C(c3ccccc3)=C3C=CC2=N3)cc(C(C)(C)C)c1. The maximum atomic E-state index is 13.1. The zero-order valence-electron chi connectivity index (χ0n) is 37.2. The van der Waals surface area contributed by atoms with E-state index in [4.69, 9.17) is 20.0 Å². The molecule has 0 spiro atoms. The lowest BCUT2D eigenvalue weighted by Crippen LogP contribution is -2.17. The standard InChI is InChI=1S/C55H56N4O/c1-52(2,3)36-26-34(27-37(30-36)53(4,5)6)50-45-20-18-41(56-45)40(32-60)42-19-21-46(57-42)51(35-28-38(54(7,8)9)31-39(29-35)55(10,11)12)48-25-23-44(59-48)49(33-16-14-13-15-17-33)43-22-24-47(50)58-43/h13-32H,1-12H3. The summed E-state index contributed by atoms with van der Waals surface area (Å²) >= 11 is 0. The molecule has 302 valence electrons. The zero-order chi connectivity index (χ0) is 42.9. The summed E-state index contributed by atoms with van der Waals surface area (Å²) in [7, 11) is 0. The minimum Gasteiger partial charge on any atom is -0.298 e. The number of rotatable bonds is 4. The highest BCUT2D eigenvalue weighted by molar-refractivity contribution is 6.38. The van der Waals surface area contributed by atoms with E-state index < -0.39 is 0 Å². The molecule has 0 atom stereocenters. The smallest absolute Gasteiger partial charge is 0.154 e. The molecule has 8 rings (SSSR count). The Morgan fingerprint density at radius 2 is 0.683 bits per heavy atom. The van der Waals surface area contributed by atoms with Crippen LogP contribution >= 0.6 is 0 Å². The molecule has 0 aromatic heterocycles. The van der Waals surface area contributed by atoms with Crippen LogP contribution in [0.15, 0.2) is 164 Å². The third-order valence-corrected chi connectivity index (χ3v) is 11.7. The first-order chi connectivity index (χ1) is 28.2. The van der Waals surface area contributed by atoms with Crippen molar-refractivity contribution in [1.29, 1.82) is 0 Å². The molecule has 0 amide bonds. The van der Waals surface area contributed by atoms with Gasteiger partial charge in [-0.1, -0.05) is 150 Å². The van der Waals surface area contributed by atoms with Gasteiger partial charge in [0.25, 0.3) is 0 Å². The van der Waals surface area contributed by atoms with Crippen LogP contribution in [0.3, 0.4) is 0 Å². The Labute approximate surface area is 356 Å². The van der Waals surface area contributed by atoms with Crippen molar-refractivity contribution >= 4 is 45.9 Å². The number of benzene rings is 3. The quantitative estimate of drug-likeness (QED) is 0.243. The van der Waals surface area contributed by atoms with Crippen LogP contribution in [0.5, 0.6) is 0 Å². The summed E-state index contributed by atoms with van der Waals surface area (Å²) in [5.41, 5.74) is 16.7. The van der Waals surface area contributed by atoms with E-state index in [1.165, 1.54) is 22.3 Å². The van der Waals surface area contributed by atoms with Crippen LogP contribution in [0.4, 0.5) is 0 Å². The molecule has 0 saturated heterocycles. The molecule has 0 fully saturated rings. The van der Waals surface area contributed by atoms with Crippen LogP contribution in [0.1, 0.15) is 122 Å². The fraction of sp³-hybridized carbons (Fsp3) is 0.291.